The Labute approximate surface area is 105 Å². The van der Waals surface area contributed by atoms with E-state index in [1.807, 2.05) is 36.4 Å². The topological polar surface area (TPSA) is 48.5 Å². The molecule has 0 saturated heterocycles. The summed E-state index contributed by atoms with van der Waals surface area (Å²) in [7, 11) is 0. The smallest absolute Gasteiger partial charge is 0.0991 e. The minimum atomic E-state index is 0.601. The molecule has 0 unspecified atom stereocenters. The highest BCUT2D eigenvalue weighted by atomic mass is 15.1. The zero-order chi connectivity index (χ0) is 12.6. The van der Waals surface area contributed by atoms with Crippen LogP contribution in [-0.2, 0) is 0 Å². The van der Waals surface area contributed by atoms with Crippen molar-refractivity contribution in [3.8, 4) is 18.0 Å². The van der Waals surface area contributed by atoms with Crippen molar-refractivity contribution in [1.82, 2.24) is 0 Å². The highest BCUT2D eigenvalue weighted by molar-refractivity contribution is 5.42. The largest absolute Gasteiger partial charge is 0.192 e. The van der Waals surface area contributed by atoms with Crippen LogP contribution in [0.25, 0.3) is 0 Å². The molecule has 0 aliphatic heterocycles. The van der Waals surface area contributed by atoms with Crippen molar-refractivity contribution in [1.29, 1.82) is 5.26 Å². The molecule has 0 spiro atoms. The van der Waals surface area contributed by atoms with Crippen LogP contribution < -0.4 is 0 Å². The Hall–Kier alpha value is -2.91. The maximum atomic E-state index is 8.64. The van der Waals surface area contributed by atoms with E-state index in [1.165, 1.54) is 0 Å². The van der Waals surface area contributed by atoms with E-state index in [-0.39, 0.29) is 0 Å². The van der Waals surface area contributed by atoms with E-state index in [4.69, 9.17) is 5.26 Å². The second-order valence-electron chi connectivity index (χ2n) is 3.46. The molecule has 0 aromatic heterocycles. The minimum Gasteiger partial charge on any atom is -0.192 e. The van der Waals surface area contributed by atoms with Gasteiger partial charge in [0, 0.05) is 5.56 Å². The lowest BCUT2D eigenvalue weighted by atomic mass is 10.2. The highest BCUT2D eigenvalue weighted by Crippen LogP contribution is 2.12. The van der Waals surface area contributed by atoms with Gasteiger partial charge in [0.25, 0.3) is 0 Å². The highest BCUT2D eigenvalue weighted by Gasteiger charge is 1.89. The number of hydrogen-bond acceptors (Lipinski definition) is 3. The van der Waals surface area contributed by atoms with Gasteiger partial charge < -0.3 is 0 Å². The first-order valence-electron chi connectivity index (χ1n) is 5.35. The Balaban J connectivity index is 2.04. The van der Waals surface area contributed by atoms with E-state index in [2.05, 4.69) is 22.2 Å². The van der Waals surface area contributed by atoms with E-state index in [1.54, 1.807) is 24.3 Å². The maximum Gasteiger partial charge on any atom is 0.0991 e. The molecule has 0 amide bonds. The molecule has 2 aromatic carbocycles. The summed E-state index contributed by atoms with van der Waals surface area (Å²) in [6.45, 7) is 0. The minimum absolute atomic E-state index is 0.601. The Morgan fingerprint density at radius 3 is 2.22 bits per heavy atom. The van der Waals surface area contributed by atoms with Gasteiger partial charge >= 0.3 is 0 Å². The first-order valence-corrected chi connectivity index (χ1v) is 5.35. The number of benzene rings is 2. The second-order valence-corrected chi connectivity index (χ2v) is 3.46. The van der Waals surface area contributed by atoms with Gasteiger partial charge in [-0.3, -0.25) is 0 Å². The molecule has 0 radical (unpaired) electrons. The third-order valence-electron chi connectivity index (χ3n) is 2.19. The van der Waals surface area contributed by atoms with Crippen molar-refractivity contribution in [3.63, 3.8) is 0 Å². The van der Waals surface area contributed by atoms with E-state index < -0.39 is 0 Å². The molecule has 0 aliphatic rings. The third kappa shape index (κ3) is 3.30. The Morgan fingerprint density at radius 2 is 1.56 bits per heavy atom. The molecule has 0 fully saturated rings. The van der Waals surface area contributed by atoms with Gasteiger partial charge in [0.1, 0.15) is 0 Å². The number of azo groups is 1. The van der Waals surface area contributed by atoms with E-state index >= 15 is 0 Å². The van der Waals surface area contributed by atoms with Gasteiger partial charge in [-0.05, 0) is 42.3 Å². The Morgan fingerprint density at radius 1 is 0.833 bits per heavy atom. The molecule has 2 rings (SSSR count). The zero-order valence-electron chi connectivity index (χ0n) is 9.54. The average molecular weight is 231 g/mol. The summed E-state index contributed by atoms with van der Waals surface area (Å²) < 4.78 is 0. The van der Waals surface area contributed by atoms with Gasteiger partial charge in [0.2, 0.25) is 0 Å². The van der Waals surface area contributed by atoms with Crippen LogP contribution in [0.1, 0.15) is 11.1 Å². The molecule has 3 nitrogen and oxygen atoms in total. The van der Waals surface area contributed by atoms with Gasteiger partial charge in [0.05, 0.1) is 23.4 Å². The number of nitrogens with zero attached hydrogens (tertiary/aromatic N) is 3. The summed E-state index contributed by atoms with van der Waals surface area (Å²) in [5.74, 6) is 2.87. The molecule has 0 heterocycles. The summed E-state index contributed by atoms with van der Waals surface area (Å²) in [5.41, 5.74) is 2.18. The van der Waals surface area contributed by atoms with Crippen LogP contribution in [0.2, 0.25) is 0 Å². The maximum absolute atomic E-state index is 8.64. The van der Waals surface area contributed by atoms with Gasteiger partial charge in [-0.1, -0.05) is 23.3 Å². The summed E-state index contributed by atoms with van der Waals surface area (Å²) in [4.78, 5) is 0. The Bertz CT molecular complexity index is 638. The van der Waals surface area contributed by atoms with E-state index in [0.29, 0.717) is 11.3 Å². The van der Waals surface area contributed by atoms with E-state index in [0.717, 1.165) is 5.56 Å². The normalized spacial score (nSPS) is 9.50. The third-order valence-corrected chi connectivity index (χ3v) is 2.19. The summed E-state index contributed by atoms with van der Waals surface area (Å²) in [5, 5.41) is 16.4. The quantitative estimate of drug-likeness (QED) is 0.545. The first-order chi connectivity index (χ1) is 8.88. The lowest BCUT2D eigenvalue weighted by molar-refractivity contribution is 1.26. The first kappa shape index (κ1) is 11.6. The predicted molar refractivity (Wildman–Crippen MR) is 69.0 cm³/mol. The monoisotopic (exact) mass is 231 g/mol. The predicted octanol–water partition coefficient (Wildman–Crippen LogP) is 3.65. The van der Waals surface area contributed by atoms with Crippen LogP contribution in [0.15, 0.2) is 64.8 Å². The fourth-order valence-corrected chi connectivity index (χ4v) is 1.30. The van der Waals surface area contributed by atoms with Gasteiger partial charge in [0.15, 0.2) is 0 Å². The molecule has 0 aliphatic carbocycles. The molecular formula is C15H9N3. The van der Waals surface area contributed by atoms with Gasteiger partial charge in [-0.25, -0.2) is 0 Å². The standard InChI is InChI=1S/C15H9N3/c16-12-14-6-8-15(9-7-14)18-17-11-10-13-4-2-1-3-5-13/h1-9H. The van der Waals surface area contributed by atoms with Crippen LogP contribution in [0, 0.1) is 23.3 Å². The average Bonchev–Trinajstić information content (AvgIpc) is 2.45. The van der Waals surface area contributed by atoms with Crippen molar-refractivity contribution in [2.75, 3.05) is 0 Å². The molecule has 18 heavy (non-hydrogen) atoms. The number of rotatable bonds is 1. The summed E-state index contributed by atoms with van der Waals surface area (Å²) >= 11 is 0. The van der Waals surface area contributed by atoms with E-state index in [9.17, 15) is 0 Å². The zero-order valence-corrected chi connectivity index (χ0v) is 9.54. The molecule has 0 N–H and O–H groups in total. The summed E-state index contributed by atoms with van der Waals surface area (Å²) in [6, 6.07) is 21.1. The molecule has 2 aromatic rings. The Kier molecular flexibility index (Phi) is 3.85. The number of hydrogen-bond donors (Lipinski definition) is 0. The molecule has 0 bridgehead atoms. The van der Waals surface area contributed by atoms with Crippen molar-refractivity contribution >= 4 is 5.69 Å². The fraction of sp³-hybridized carbons (Fsp3) is 0. The van der Waals surface area contributed by atoms with Crippen molar-refractivity contribution < 1.29 is 0 Å². The lowest BCUT2D eigenvalue weighted by Gasteiger charge is -1.89. The van der Waals surface area contributed by atoms with Crippen LogP contribution in [0.3, 0.4) is 0 Å². The van der Waals surface area contributed by atoms with Crippen LogP contribution in [0.4, 0.5) is 5.69 Å². The fourth-order valence-electron chi connectivity index (χ4n) is 1.30. The van der Waals surface area contributed by atoms with Crippen LogP contribution >= 0.6 is 0 Å². The number of nitriles is 1. The SMILES string of the molecule is N#Cc1ccc(N=NC#Cc2ccccc2)cc1. The van der Waals surface area contributed by atoms with Crippen LogP contribution in [0.5, 0.6) is 0 Å². The summed E-state index contributed by atoms with van der Waals surface area (Å²) in [6.07, 6.45) is 0. The molecule has 0 atom stereocenters. The molecule has 0 saturated carbocycles. The lowest BCUT2D eigenvalue weighted by Crippen LogP contribution is -1.70. The molecule has 3 heteroatoms. The second kappa shape index (κ2) is 5.98. The van der Waals surface area contributed by atoms with Crippen molar-refractivity contribution in [2.45, 2.75) is 0 Å². The van der Waals surface area contributed by atoms with Crippen molar-refractivity contribution in [2.24, 2.45) is 10.2 Å². The van der Waals surface area contributed by atoms with Crippen LogP contribution in [-0.4, -0.2) is 0 Å². The van der Waals surface area contributed by atoms with Crippen molar-refractivity contribution in [3.05, 3.63) is 65.7 Å². The van der Waals surface area contributed by atoms with Gasteiger partial charge in [-0.15, -0.1) is 5.11 Å². The molecule has 84 valence electrons. The molecular weight excluding hydrogens is 222 g/mol. The van der Waals surface area contributed by atoms with Gasteiger partial charge in [-0.2, -0.15) is 5.26 Å².